The third kappa shape index (κ3) is 5.47. The van der Waals surface area contributed by atoms with Gasteiger partial charge in [0, 0.05) is 17.9 Å². The van der Waals surface area contributed by atoms with Crippen molar-refractivity contribution in [1.82, 2.24) is 10.9 Å². The van der Waals surface area contributed by atoms with E-state index in [0.29, 0.717) is 11.4 Å². The van der Waals surface area contributed by atoms with Gasteiger partial charge in [-0.1, -0.05) is 31.9 Å². The average molecular weight is 586 g/mol. The number of carbonyl (C=O) groups is 2. The lowest BCUT2D eigenvalue weighted by molar-refractivity contribution is -0.138. The molecule has 10 heteroatoms. The van der Waals surface area contributed by atoms with Crippen LogP contribution in [-0.4, -0.2) is 11.8 Å². The van der Waals surface area contributed by atoms with Crippen molar-refractivity contribution in [3.63, 3.8) is 0 Å². The summed E-state index contributed by atoms with van der Waals surface area (Å²) in [6.45, 7) is 0. The summed E-state index contributed by atoms with van der Waals surface area (Å²) in [5, 5.41) is 0. The lowest BCUT2D eigenvalue weighted by Crippen LogP contribution is -2.44. The van der Waals surface area contributed by atoms with Gasteiger partial charge in [-0.25, -0.2) is 0 Å². The van der Waals surface area contributed by atoms with Crippen LogP contribution in [0.4, 0.5) is 11.4 Å². The number of hydrogen-bond acceptors (Lipinski definition) is 4. The van der Waals surface area contributed by atoms with Gasteiger partial charge in [0.05, 0.1) is 11.4 Å². The molecular formula is C14H10Br4N4O2. The Labute approximate surface area is 171 Å². The molecule has 0 spiro atoms. The monoisotopic (exact) mass is 582 g/mol. The number of rotatable bonds is 4. The van der Waals surface area contributed by atoms with Gasteiger partial charge in [-0.2, -0.15) is 0 Å². The highest BCUT2D eigenvalue weighted by molar-refractivity contribution is 9.11. The predicted molar refractivity (Wildman–Crippen MR) is 107 cm³/mol. The first-order chi connectivity index (χ1) is 11.4. The van der Waals surface area contributed by atoms with Crippen molar-refractivity contribution in [1.29, 1.82) is 0 Å². The summed E-state index contributed by atoms with van der Waals surface area (Å²) in [6, 6.07) is 10.7. The van der Waals surface area contributed by atoms with E-state index in [1.807, 2.05) is 0 Å². The fourth-order valence-electron chi connectivity index (χ4n) is 1.54. The van der Waals surface area contributed by atoms with Gasteiger partial charge in [0.2, 0.25) is 0 Å². The van der Waals surface area contributed by atoms with E-state index in [9.17, 15) is 9.59 Å². The smallest absolute Gasteiger partial charge is 0.297 e. The number of nitrogens with one attached hydrogen (secondary N) is 4. The van der Waals surface area contributed by atoms with Crippen LogP contribution >= 0.6 is 63.7 Å². The highest BCUT2D eigenvalue weighted by atomic mass is 79.9. The molecule has 126 valence electrons. The van der Waals surface area contributed by atoms with Crippen LogP contribution in [0.5, 0.6) is 0 Å². The third-order valence-electron chi connectivity index (χ3n) is 2.69. The second-order valence-electron chi connectivity index (χ2n) is 4.41. The quantitative estimate of drug-likeness (QED) is 0.318. The van der Waals surface area contributed by atoms with E-state index in [1.54, 1.807) is 36.4 Å². The van der Waals surface area contributed by atoms with Crippen LogP contribution in [0.2, 0.25) is 0 Å². The second-order valence-corrected chi connectivity index (χ2v) is 7.95. The molecule has 0 radical (unpaired) electrons. The first-order valence-corrected chi connectivity index (χ1v) is 9.56. The molecule has 0 saturated heterocycles. The molecule has 0 fully saturated rings. The summed E-state index contributed by atoms with van der Waals surface area (Å²) in [5.41, 5.74) is 11.2. The summed E-state index contributed by atoms with van der Waals surface area (Å²) in [5.74, 6) is -1.68. The van der Waals surface area contributed by atoms with E-state index < -0.39 is 11.8 Å². The van der Waals surface area contributed by atoms with Gasteiger partial charge in [0.15, 0.2) is 0 Å². The van der Waals surface area contributed by atoms with Crippen LogP contribution in [0, 0.1) is 0 Å². The Hall–Kier alpha value is -1.10. The Morgan fingerprint density at radius 3 is 1.38 bits per heavy atom. The zero-order valence-corrected chi connectivity index (χ0v) is 18.1. The molecule has 0 atom stereocenters. The number of anilines is 2. The zero-order chi connectivity index (χ0) is 17.7. The molecule has 6 nitrogen and oxygen atoms in total. The molecule has 0 unspecified atom stereocenters. The maximum atomic E-state index is 11.8. The van der Waals surface area contributed by atoms with Crippen molar-refractivity contribution in [2.75, 3.05) is 10.9 Å². The van der Waals surface area contributed by atoms with Crippen molar-refractivity contribution in [3.05, 3.63) is 54.3 Å². The molecule has 0 aromatic heterocycles. The van der Waals surface area contributed by atoms with Gasteiger partial charge in [-0.05, 0) is 68.3 Å². The van der Waals surface area contributed by atoms with Gasteiger partial charge in [0.25, 0.3) is 0 Å². The van der Waals surface area contributed by atoms with Crippen LogP contribution in [0.1, 0.15) is 0 Å². The van der Waals surface area contributed by atoms with Crippen LogP contribution in [0.15, 0.2) is 54.3 Å². The maximum absolute atomic E-state index is 11.8. The minimum Gasteiger partial charge on any atom is -0.297 e. The van der Waals surface area contributed by atoms with Gasteiger partial charge in [0.1, 0.15) is 0 Å². The molecule has 2 rings (SSSR count). The summed E-state index contributed by atoms with van der Waals surface area (Å²) < 4.78 is 3.23. The molecule has 0 saturated carbocycles. The normalized spacial score (nSPS) is 10.0. The van der Waals surface area contributed by atoms with Crippen LogP contribution in [0.25, 0.3) is 0 Å². The van der Waals surface area contributed by atoms with Crippen LogP contribution in [-0.2, 0) is 9.59 Å². The Morgan fingerprint density at radius 2 is 1.04 bits per heavy atom. The minimum atomic E-state index is -0.842. The van der Waals surface area contributed by atoms with Gasteiger partial charge < -0.3 is 0 Å². The predicted octanol–water partition coefficient (Wildman–Crippen LogP) is 4.32. The Bertz CT molecular complexity index is 720. The largest absolute Gasteiger partial charge is 0.329 e. The molecule has 0 bridgehead atoms. The van der Waals surface area contributed by atoms with Crippen LogP contribution < -0.4 is 21.7 Å². The number of hydrazine groups is 2. The lowest BCUT2D eigenvalue weighted by atomic mass is 10.3. The van der Waals surface area contributed by atoms with E-state index in [2.05, 4.69) is 85.4 Å². The molecule has 0 aliphatic rings. The summed E-state index contributed by atoms with van der Waals surface area (Å²) in [4.78, 5) is 23.6. The summed E-state index contributed by atoms with van der Waals surface area (Å²) in [6.07, 6.45) is 0. The number of amides is 2. The molecular weight excluding hydrogens is 576 g/mol. The minimum absolute atomic E-state index is 0.614. The maximum Gasteiger partial charge on any atom is 0.329 e. The first kappa shape index (κ1) is 19.2. The molecule has 2 aromatic carbocycles. The topological polar surface area (TPSA) is 82.3 Å². The Morgan fingerprint density at radius 1 is 0.667 bits per heavy atom. The van der Waals surface area contributed by atoms with Crippen LogP contribution in [0.3, 0.4) is 0 Å². The zero-order valence-electron chi connectivity index (χ0n) is 11.8. The molecule has 4 N–H and O–H groups in total. The van der Waals surface area contributed by atoms with Gasteiger partial charge >= 0.3 is 11.8 Å². The highest BCUT2D eigenvalue weighted by Gasteiger charge is 2.13. The molecule has 0 heterocycles. The standard InChI is InChI=1S/C14H10Br4N4O2/c15-7-1-3-11(9(17)5-7)19-21-13(23)14(24)22-20-12-4-2-8(16)6-10(12)18/h1-6,19-20H,(H,21,23)(H,22,24). The number of carbonyl (C=O) groups excluding carboxylic acids is 2. The molecule has 24 heavy (non-hydrogen) atoms. The average Bonchev–Trinajstić information content (AvgIpc) is 2.52. The Kier molecular flexibility index (Phi) is 7.08. The second kappa shape index (κ2) is 8.84. The van der Waals surface area contributed by atoms with E-state index >= 15 is 0 Å². The fourth-order valence-corrected chi connectivity index (χ4v) is 3.84. The van der Waals surface area contributed by atoms with E-state index in [4.69, 9.17) is 0 Å². The van der Waals surface area contributed by atoms with Crippen molar-refractivity contribution < 1.29 is 9.59 Å². The Balaban J connectivity index is 1.87. The SMILES string of the molecule is O=C(NNc1ccc(Br)cc1Br)C(=O)NNc1ccc(Br)cc1Br. The number of hydrogen-bond donors (Lipinski definition) is 4. The number of halogens is 4. The summed E-state index contributed by atoms with van der Waals surface area (Å²) in [7, 11) is 0. The van der Waals surface area contributed by atoms with Gasteiger partial charge in [-0.15, -0.1) is 0 Å². The first-order valence-electron chi connectivity index (χ1n) is 6.39. The van der Waals surface area contributed by atoms with Gasteiger partial charge in [-0.3, -0.25) is 31.3 Å². The highest BCUT2D eigenvalue weighted by Crippen LogP contribution is 2.26. The lowest BCUT2D eigenvalue weighted by Gasteiger charge is -2.12. The van der Waals surface area contributed by atoms with E-state index in [0.717, 1.165) is 17.9 Å². The molecule has 2 aromatic rings. The molecule has 0 aliphatic carbocycles. The molecule has 2 amide bonds. The van der Waals surface area contributed by atoms with Crippen molar-refractivity contribution in [3.8, 4) is 0 Å². The van der Waals surface area contributed by atoms with Crippen molar-refractivity contribution in [2.24, 2.45) is 0 Å². The van der Waals surface area contributed by atoms with E-state index in [-0.39, 0.29) is 0 Å². The summed E-state index contributed by atoms with van der Waals surface area (Å²) >= 11 is 13.3. The third-order valence-corrected chi connectivity index (χ3v) is 4.99. The van der Waals surface area contributed by atoms with Crippen molar-refractivity contribution >= 4 is 86.9 Å². The fraction of sp³-hybridized carbons (Fsp3) is 0. The van der Waals surface area contributed by atoms with Crippen molar-refractivity contribution in [2.45, 2.75) is 0 Å². The van der Waals surface area contributed by atoms with E-state index in [1.165, 1.54) is 0 Å². The number of benzene rings is 2. The molecule has 0 aliphatic heterocycles.